The molecule has 0 spiro atoms. The second-order valence-corrected chi connectivity index (χ2v) is 5.95. The SMILES string of the molecule is CCOc1ccc(C)cc1C(C)NC(=O)c1ccc2cc[nH]c2c1. The normalized spacial score (nSPS) is 12.1. The van der Waals surface area contributed by atoms with Crippen molar-refractivity contribution in [1.82, 2.24) is 10.3 Å². The Morgan fingerprint density at radius 2 is 2.04 bits per heavy atom. The fraction of sp³-hybridized carbons (Fsp3) is 0.250. The first kappa shape index (κ1) is 16.1. The van der Waals surface area contributed by atoms with Crippen LogP contribution >= 0.6 is 0 Å². The van der Waals surface area contributed by atoms with Gasteiger partial charge in [0, 0.05) is 22.8 Å². The van der Waals surface area contributed by atoms with Gasteiger partial charge in [0.05, 0.1) is 12.6 Å². The van der Waals surface area contributed by atoms with Gasteiger partial charge in [-0.2, -0.15) is 0 Å². The first-order valence-corrected chi connectivity index (χ1v) is 8.20. The molecule has 3 aromatic rings. The number of ether oxygens (including phenoxy) is 1. The molecule has 1 amide bonds. The van der Waals surface area contributed by atoms with E-state index in [0.29, 0.717) is 12.2 Å². The molecule has 24 heavy (non-hydrogen) atoms. The third-order valence-corrected chi connectivity index (χ3v) is 4.10. The number of carbonyl (C=O) groups is 1. The van der Waals surface area contributed by atoms with Crippen molar-refractivity contribution in [2.75, 3.05) is 6.61 Å². The summed E-state index contributed by atoms with van der Waals surface area (Å²) in [5.41, 5.74) is 3.73. The Morgan fingerprint density at radius 1 is 1.21 bits per heavy atom. The van der Waals surface area contributed by atoms with E-state index in [9.17, 15) is 4.79 Å². The molecule has 0 radical (unpaired) electrons. The fourth-order valence-electron chi connectivity index (χ4n) is 2.84. The molecule has 4 heteroatoms. The van der Waals surface area contributed by atoms with Crippen molar-refractivity contribution in [2.24, 2.45) is 0 Å². The zero-order valence-corrected chi connectivity index (χ0v) is 14.2. The highest BCUT2D eigenvalue weighted by atomic mass is 16.5. The Labute approximate surface area is 141 Å². The molecule has 0 bridgehead atoms. The molecule has 1 aromatic heterocycles. The smallest absolute Gasteiger partial charge is 0.251 e. The molecule has 1 unspecified atom stereocenters. The van der Waals surface area contributed by atoms with E-state index in [0.717, 1.165) is 27.8 Å². The summed E-state index contributed by atoms with van der Waals surface area (Å²) in [6, 6.07) is 13.5. The van der Waals surface area contributed by atoms with Crippen molar-refractivity contribution < 1.29 is 9.53 Å². The van der Waals surface area contributed by atoms with E-state index in [1.807, 2.05) is 63.4 Å². The molecule has 2 aromatic carbocycles. The van der Waals surface area contributed by atoms with Crippen LogP contribution in [0.1, 0.15) is 41.4 Å². The molecule has 0 saturated heterocycles. The summed E-state index contributed by atoms with van der Waals surface area (Å²) >= 11 is 0. The Morgan fingerprint density at radius 3 is 2.83 bits per heavy atom. The number of hydrogen-bond acceptors (Lipinski definition) is 2. The predicted octanol–water partition coefficient (Wildman–Crippen LogP) is 4.37. The minimum atomic E-state index is -0.140. The highest BCUT2D eigenvalue weighted by molar-refractivity contribution is 5.98. The molecule has 1 heterocycles. The highest BCUT2D eigenvalue weighted by Crippen LogP contribution is 2.27. The van der Waals surface area contributed by atoms with Crippen LogP contribution in [0.4, 0.5) is 0 Å². The minimum Gasteiger partial charge on any atom is -0.494 e. The van der Waals surface area contributed by atoms with Crippen LogP contribution < -0.4 is 10.1 Å². The summed E-state index contributed by atoms with van der Waals surface area (Å²) in [7, 11) is 0. The fourth-order valence-corrected chi connectivity index (χ4v) is 2.84. The van der Waals surface area contributed by atoms with Crippen LogP contribution in [0.3, 0.4) is 0 Å². The van der Waals surface area contributed by atoms with Gasteiger partial charge in [0.1, 0.15) is 5.75 Å². The number of aromatic nitrogens is 1. The quantitative estimate of drug-likeness (QED) is 0.733. The van der Waals surface area contributed by atoms with Crippen molar-refractivity contribution in [3.8, 4) is 5.75 Å². The topological polar surface area (TPSA) is 54.1 Å². The summed E-state index contributed by atoms with van der Waals surface area (Å²) in [6.45, 7) is 6.56. The molecule has 0 fully saturated rings. The molecule has 0 aliphatic rings. The first-order valence-electron chi connectivity index (χ1n) is 8.20. The molecule has 4 nitrogen and oxygen atoms in total. The van der Waals surface area contributed by atoms with E-state index in [4.69, 9.17) is 4.74 Å². The van der Waals surface area contributed by atoms with E-state index in [-0.39, 0.29) is 11.9 Å². The molecular weight excluding hydrogens is 300 g/mol. The zero-order chi connectivity index (χ0) is 17.1. The lowest BCUT2D eigenvalue weighted by Crippen LogP contribution is -2.27. The van der Waals surface area contributed by atoms with Gasteiger partial charge in [-0.3, -0.25) is 4.79 Å². The van der Waals surface area contributed by atoms with Crippen LogP contribution in [-0.4, -0.2) is 17.5 Å². The van der Waals surface area contributed by atoms with Crippen molar-refractivity contribution in [3.63, 3.8) is 0 Å². The molecular formula is C20H22N2O2. The summed E-state index contributed by atoms with van der Waals surface area (Å²) in [4.78, 5) is 15.7. The number of rotatable bonds is 5. The highest BCUT2D eigenvalue weighted by Gasteiger charge is 2.16. The number of aromatic amines is 1. The van der Waals surface area contributed by atoms with Gasteiger partial charge in [-0.1, -0.05) is 23.8 Å². The maximum Gasteiger partial charge on any atom is 0.251 e. The van der Waals surface area contributed by atoms with E-state index in [1.54, 1.807) is 0 Å². The van der Waals surface area contributed by atoms with Gasteiger partial charge >= 0.3 is 0 Å². The van der Waals surface area contributed by atoms with E-state index in [2.05, 4.69) is 16.4 Å². The number of H-pyrrole nitrogens is 1. The Balaban J connectivity index is 1.82. The van der Waals surface area contributed by atoms with Crippen LogP contribution in [0.5, 0.6) is 5.75 Å². The number of fused-ring (bicyclic) bond motifs is 1. The second kappa shape index (κ2) is 6.79. The van der Waals surface area contributed by atoms with E-state index >= 15 is 0 Å². The van der Waals surface area contributed by atoms with Crippen molar-refractivity contribution >= 4 is 16.8 Å². The molecule has 1 atom stereocenters. The van der Waals surface area contributed by atoms with Crippen molar-refractivity contribution in [3.05, 3.63) is 65.4 Å². The van der Waals surface area contributed by atoms with Crippen LogP contribution in [0.25, 0.3) is 10.9 Å². The monoisotopic (exact) mass is 322 g/mol. The lowest BCUT2D eigenvalue weighted by atomic mass is 10.0. The summed E-state index contributed by atoms with van der Waals surface area (Å²) in [5, 5.41) is 4.16. The molecule has 124 valence electrons. The average Bonchev–Trinajstić information content (AvgIpc) is 3.04. The zero-order valence-electron chi connectivity index (χ0n) is 14.2. The van der Waals surface area contributed by atoms with Crippen LogP contribution in [-0.2, 0) is 0 Å². The molecule has 0 saturated carbocycles. The molecule has 0 aliphatic heterocycles. The Kier molecular flexibility index (Phi) is 4.56. The van der Waals surface area contributed by atoms with Gasteiger partial charge in [-0.25, -0.2) is 0 Å². The van der Waals surface area contributed by atoms with Gasteiger partial charge in [-0.05, 0) is 50.4 Å². The van der Waals surface area contributed by atoms with E-state index in [1.165, 1.54) is 0 Å². The van der Waals surface area contributed by atoms with Crippen molar-refractivity contribution in [2.45, 2.75) is 26.8 Å². The Hall–Kier alpha value is -2.75. The van der Waals surface area contributed by atoms with Crippen LogP contribution in [0, 0.1) is 6.92 Å². The standard InChI is InChI=1S/C20H22N2O2/c1-4-24-19-8-5-13(2)11-17(19)14(3)22-20(23)16-7-6-15-9-10-21-18(15)12-16/h5-12,14,21H,4H2,1-3H3,(H,22,23). The van der Waals surface area contributed by atoms with Crippen molar-refractivity contribution in [1.29, 1.82) is 0 Å². The lowest BCUT2D eigenvalue weighted by molar-refractivity contribution is 0.0939. The number of nitrogens with one attached hydrogen (secondary N) is 2. The maximum absolute atomic E-state index is 12.6. The third kappa shape index (κ3) is 3.27. The van der Waals surface area contributed by atoms with Crippen LogP contribution in [0.15, 0.2) is 48.7 Å². The van der Waals surface area contributed by atoms with Crippen LogP contribution in [0.2, 0.25) is 0 Å². The largest absolute Gasteiger partial charge is 0.494 e. The number of benzene rings is 2. The molecule has 0 aliphatic carbocycles. The summed E-state index contributed by atoms with van der Waals surface area (Å²) in [5.74, 6) is 0.721. The average molecular weight is 322 g/mol. The predicted molar refractivity (Wildman–Crippen MR) is 96.5 cm³/mol. The summed E-state index contributed by atoms with van der Waals surface area (Å²) in [6.07, 6.45) is 1.87. The minimum absolute atomic E-state index is 0.0945. The third-order valence-electron chi connectivity index (χ3n) is 4.10. The molecule has 3 rings (SSSR count). The Bertz CT molecular complexity index is 867. The maximum atomic E-state index is 12.6. The number of hydrogen-bond donors (Lipinski definition) is 2. The van der Waals surface area contributed by atoms with Gasteiger partial charge in [0.25, 0.3) is 5.91 Å². The summed E-state index contributed by atoms with van der Waals surface area (Å²) < 4.78 is 5.69. The van der Waals surface area contributed by atoms with Gasteiger partial charge in [-0.15, -0.1) is 0 Å². The number of amides is 1. The van der Waals surface area contributed by atoms with E-state index < -0.39 is 0 Å². The molecule has 2 N–H and O–H groups in total. The second-order valence-electron chi connectivity index (χ2n) is 5.95. The number of carbonyl (C=O) groups excluding carboxylic acids is 1. The van der Waals surface area contributed by atoms with Gasteiger partial charge < -0.3 is 15.0 Å². The first-order chi connectivity index (χ1) is 11.6. The lowest BCUT2D eigenvalue weighted by Gasteiger charge is -2.19. The number of aryl methyl sites for hydroxylation is 1. The van der Waals surface area contributed by atoms with Gasteiger partial charge in [0.2, 0.25) is 0 Å². The van der Waals surface area contributed by atoms with Gasteiger partial charge in [0.15, 0.2) is 0 Å².